The summed E-state index contributed by atoms with van der Waals surface area (Å²) in [5.41, 5.74) is 16.8. The Balaban J connectivity index is 3.25. The van der Waals surface area contributed by atoms with Crippen LogP contribution < -0.4 is 16.2 Å². The van der Waals surface area contributed by atoms with Crippen molar-refractivity contribution in [1.29, 1.82) is 0 Å². The van der Waals surface area contributed by atoms with E-state index in [9.17, 15) is 0 Å². The molecule has 0 spiro atoms. The molecule has 2 atom stereocenters. The number of methoxy groups -OCH3 is 1. The molecule has 1 aromatic carbocycles. The lowest BCUT2D eigenvalue weighted by atomic mass is 9.91. The van der Waals surface area contributed by atoms with Crippen molar-refractivity contribution in [3.05, 3.63) is 26.7 Å². The normalized spacial score (nSPS) is 14.3. The van der Waals surface area contributed by atoms with Crippen molar-refractivity contribution in [2.45, 2.75) is 52.6 Å². The topological polar surface area (TPSA) is 61.3 Å². The zero-order chi connectivity index (χ0) is 14.7. The van der Waals surface area contributed by atoms with Gasteiger partial charge in [-0.05, 0) is 57.2 Å². The second-order valence-electron chi connectivity index (χ2n) is 5.30. The van der Waals surface area contributed by atoms with Crippen molar-refractivity contribution < 1.29 is 4.74 Å². The van der Waals surface area contributed by atoms with Crippen LogP contribution in [0.15, 0.2) is 4.47 Å². The summed E-state index contributed by atoms with van der Waals surface area (Å²) in [7, 11) is 1.71. The van der Waals surface area contributed by atoms with Gasteiger partial charge in [0.05, 0.1) is 7.11 Å². The minimum atomic E-state index is -0.0449. The molecule has 0 amide bonds. The first kappa shape index (κ1) is 16.5. The molecule has 0 aliphatic carbocycles. The summed E-state index contributed by atoms with van der Waals surface area (Å²) >= 11 is 3.66. The molecule has 1 aromatic rings. The van der Waals surface area contributed by atoms with Crippen molar-refractivity contribution in [2.75, 3.05) is 7.11 Å². The van der Waals surface area contributed by atoms with Gasteiger partial charge in [0.2, 0.25) is 0 Å². The summed E-state index contributed by atoms with van der Waals surface area (Å²) < 4.78 is 6.71. The molecule has 4 heteroatoms. The van der Waals surface area contributed by atoms with Crippen molar-refractivity contribution in [3.8, 4) is 5.75 Å². The number of rotatable bonds is 5. The maximum absolute atomic E-state index is 6.35. The highest BCUT2D eigenvalue weighted by Gasteiger charge is 2.21. The lowest BCUT2D eigenvalue weighted by Crippen LogP contribution is -2.20. The van der Waals surface area contributed by atoms with Gasteiger partial charge in [-0.2, -0.15) is 0 Å². The number of hydrogen-bond acceptors (Lipinski definition) is 3. The van der Waals surface area contributed by atoms with E-state index in [1.807, 2.05) is 6.92 Å². The Hall–Kier alpha value is -0.580. The first-order valence-electron chi connectivity index (χ1n) is 6.65. The number of halogens is 1. The first-order valence-corrected chi connectivity index (χ1v) is 7.44. The molecule has 4 N–H and O–H groups in total. The van der Waals surface area contributed by atoms with Crippen LogP contribution in [0.2, 0.25) is 0 Å². The van der Waals surface area contributed by atoms with Gasteiger partial charge in [0, 0.05) is 22.1 Å². The van der Waals surface area contributed by atoms with E-state index in [0.717, 1.165) is 39.8 Å². The van der Waals surface area contributed by atoms with E-state index in [4.69, 9.17) is 16.2 Å². The monoisotopic (exact) mass is 328 g/mol. The fourth-order valence-corrected chi connectivity index (χ4v) is 2.91. The van der Waals surface area contributed by atoms with Gasteiger partial charge < -0.3 is 16.2 Å². The standard InChI is InChI=1S/C15H25BrN2O/c1-8(17)6-7-12(18)13-11(4)14(16)9(2)10(3)15(13)19-5/h8,12H,6-7,17-18H2,1-5H3. The van der Waals surface area contributed by atoms with E-state index in [1.54, 1.807) is 7.11 Å². The van der Waals surface area contributed by atoms with Crippen LogP contribution in [0, 0.1) is 20.8 Å². The molecule has 0 heterocycles. The molecule has 108 valence electrons. The zero-order valence-electron chi connectivity index (χ0n) is 12.5. The average molecular weight is 329 g/mol. The van der Waals surface area contributed by atoms with Gasteiger partial charge in [-0.1, -0.05) is 15.9 Å². The molecule has 0 aliphatic heterocycles. The average Bonchev–Trinajstić information content (AvgIpc) is 2.37. The molecule has 0 aromatic heterocycles. The second kappa shape index (κ2) is 6.73. The van der Waals surface area contributed by atoms with Gasteiger partial charge in [-0.25, -0.2) is 0 Å². The summed E-state index contributed by atoms with van der Waals surface area (Å²) in [6, 6.07) is 0.129. The Kier molecular flexibility index (Phi) is 5.83. The second-order valence-corrected chi connectivity index (χ2v) is 6.09. The van der Waals surface area contributed by atoms with Crippen LogP contribution in [-0.4, -0.2) is 13.2 Å². The molecule has 1 rings (SSSR count). The lowest BCUT2D eigenvalue weighted by Gasteiger charge is -2.23. The van der Waals surface area contributed by atoms with Crippen LogP contribution in [0.5, 0.6) is 5.75 Å². The highest BCUT2D eigenvalue weighted by Crippen LogP contribution is 2.39. The van der Waals surface area contributed by atoms with Crippen molar-refractivity contribution in [2.24, 2.45) is 11.5 Å². The smallest absolute Gasteiger partial charge is 0.127 e. The Morgan fingerprint density at radius 2 is 1.63 bits per heavy atom. The van der Waals surface area contributed by atoms with E-state index < -0.39 is 0 Å². The van der Waals surface area contributed by atoms with Crippen molar-refractivity contribution in [1.82, 2.24) is 0 Å². The number of benzene rings is 1. The predicted octanol–water partition coefficient (Wildman–Crippen LogP) is 3.51. The van der Waals surface area contributed by atoms with E-state index in [1.165, 1.54) is 5.56 Å². The molecule has 2 unspecified atom stereocenters. The largest absolute Gasteiger partial charge is 0.496 e. The van der Waals surface area contributed by atoms with E-state index in [0.29, 0.717) is 0 Å². The fraction of sp³-hybridized carbons (Fsp3) is 0.600. The molecule has 0 saturated carbocycles. The Bertz CT molecular complexity index is 458. The van der Waals surface area contributed by atoms with Gasteiger partial charge in [-0.3, -0.25) is 0 Å². The number of hydrogen-bond donors (Lipinski definition) is 2. The summed E-state index contributed by atoms with van der Waals surface area (Å²) in [4.78, 5) is 0. The van der Waals surface area contributed by atoms with Crippen LogP contribution in [0.4, 0.5) is 0 Å². The third-order valence-electron chi connectivity index (χ3n) is 3.72. The van der Waals surface area contributed by atoms with Crippen LogP contribution >= 0.6 is 15.9 Å². The lowest BCUT2D eigenvalue weighted by molar-refractivity contribution is 0.398. The summed E-state index contributed by atoms with van der Waals surface area (Å²) in [5, 5.41) is 0. The minimum absolute atomic E-state index is 0.0449. The molecule has 0 radical (unpaired) electrons. The molecule has 3 nitrogen and oxygen atoms in total. The summed E-state index contributed by atoms with van der Waals surface area (Å²) in [5.74, 6) is 0.912. The Morgan fingerprint density at radius 1 is 1.05 bits per heavy atom. The highest BCUT2D eigenvalue weighted by molar-refractivity contribution is 9.10. The summed E-state index contributed by atoms with van der Waals surface area (Å²) in [6.07, 6.45) is 1.78. The zero-order valence-corrected chi connectivity index (χ0v) is 14.1. The third kappa shape index (κ3) is 3.50. The number of ether oxygens (including phenoxy) is 1. The maximum atomic E-state index is 6.35. The summed E-state index contributed by atoms with van der Waals surface area (Å²) in [6.45, 7) is 8.25. The van der Waals surface area contributed by atoms with E-state index in [-0.39, 0.29) is 12.1 Å². The molecule has 0 fully saturated rings. The molecular formula is C15H25BrN2O. The van der Waals surface area contributed by atoms with Crippen LogP contribution in [0.25, 0.3) is 0 Å². The van der Waals surface area contributed by atoms with Gasteiger partial charge in [-0.15, -0.1) is 0 Å². The quantitative estimate of drug-likeness (QED) is 0.869. The predicted molar refractivity (Wildman–Crippen MR) is 84.7 cm³/mol. The van der Waals surface area contributed by atoms with Crippen LogP contribution in [0.3, 0.4) is 0 Å². The van der Waals surface area contributed by atoms with Gasteiger partial charge >= 0.3 is 0 Å². The number of nitrogens with two attached hydrogens (primary N) is 2. The molecule has 0 saturated heterocycles. The molecule has 0 bridgehead atoms. The van der Waals surface area contributed by atoms with Crippen LogP contribution in [-0.2, 0) is 0 Å². The van der Waals surface area contributed by atoms with Gasteiger partial charge in [0.15, 0.2) is 0 Å². The minimum Gasteiger partial charge on any atom is -0.496 e. The highest BCUT2D eigenvalue weighted by atomic mass is 79.9. The van der Waals surface area contributed by atoms with Gasteiger partial charge in [0.1, 0.15) is 5.75 Å². The van der Waals surface area contributed by atoms with E-state index >= 15 is 0 Å². The van der Waals surface area contributed by atoms with Crippen molar-refractivity contribution >= 4 is 15.9 Å². The first-order chi connectivity index (χ1) is 8.81. The Morgan fingerprint density at radius 3 is 2.11 bits per heavy atom. The SMILES string of the molecule is COc1c(C)c(C)c(Br)c(C)c1C(N)CCC(C)N. The Labute approximate surface area is 124 Å². The van der Waals surface area contributed by atoms with E-state index in [2.05, 4.69) is 36.7 Å². The van der Waals surface area contributed by atoms with Crippen molar-refractivity contribution in [3.63, 3.8) is 0 Å². The third-order valence-corrected chi connectivity index (χ3v) is 4.91. The van der Waals surface area contributed by atoms with Crippen LogP contribution in [0.1, 0.15) is 48.1 Å². The molecular weight excluding hydrogens is 304 g/mol. The van der Waals surface area contributed by atoms with Gasteiger partial charge in [0.25, 0.3) is 0 Å². The fourth-order valence-electron chi connectivity index (χ4n) is 2.40. The maximum Gasteiger partial charge on any atom is 0.127 e. The molecule has 19 heavy (non-hydrogen) atoms. The molecule has 0 aliphatic rings.